The summed E-state index contributed by atoms with van der Waals surface area (Å²) in [6, 6.07) is 27.0. The van der Waals surface area contributed by atoms with Gasteiger partial charge >= 0.3 is 0 Å². The summed E-state index contributed by atoms with van der Waals surface area (Å²) in [5.74, 6) is 0.390. The van der Waals surface area contributed by atoms with E-state index in [0.717, 1.165) is 50.4 Å². The number of phenols is 1. The van der Waals surface area contributed by atoms with Gasteiger partial charge in [-0.3, -0.25) is 9.80 Å². The fourth-order valence-corrected chi connectivity index (χ4v) is 3.71. The van der Waals surface area contributed by atoms with Crippen LogP contribution in [0.3, 0.4) is 0 Å². The molecule has 1 aliphatic rings. The molecule has 3 heteroatoms. The van der Waals surface area contributed by atoms with Gasteiger partial charge in [0.25, 0.3) is 0 Å². The highest BCUT2D eigenvalue weighted by Gasteiger charge is 2.18. The molecular formula is C24H26N2O. The average molecular weight is 358 g/mol. The van der Waals surface area contributed by atoms with Gasteiger partial charge < -0.3 is 5.11 Å². The molecule has 138 valence electrons. The molecule has 3 nitrogen and oxygen atoms in total. The molecule has 0 spiro atoms. The molecule has 0 amide bonds. The van der Waals surface area contributed by atoms with Gasteiger partial charge in [0.05, 0.1) is 0 Å². The molecule has 1 aliphatic heterocycles. The Hall–Kier alpha value is -2.62. The Labute approximate surface area is 161 Å². The summed E-state index contributed by atoms with van der Waals surface area (Å²) < 4.78 is 0. The summed E-state index contributed by atoms with van der Waals surface area (Å²) in [6.07, 6.45) is 0. The normalized spacial score (nSPS) is 15.7. The van der Waals surface area contributed by atoms with Crippen molar-refractivity contribution in [3.8, 4) is 16.9 Å². The van der Waals surface area contributed by atoms with Crippen molar-refractivity contribution in [1.29, 1.82) is 0 Å². The molecule has 0 aliphatic carbocycles. The van der Waals surface area contributed by atoms with Crippen LogP contribution in [-0.4, -0.2) is 41.1 Å². The van der Waals surface area contributed by atoms with Gasteiger partial charge in [0.2, 0.25) is 0 Å². The third-order valence-electron chi connectivity index (χ3n) is 5.29. The Kier molecular flexibility index (Phi) is 5.52. The predicted molar refractivity (Wildman–Crippen MR) is 111 cm³/mol. The highest BCUT2D eigenvalue weighted by Crippen LogP contribution is 2.27. The molecule has 0 unspecified atom stereocenters. The minimum Gasteiger partial charge on any atom is -0.508 e. The topological polar surface area (TPSA) is 26.7 Å². The summed E-state index contributed by atoms with van der Waals surface area (Å²) in [4.78, 5) is 4.94. The first-order chi connectivity index (χ1) is 13.3. The van der Waals surface area contributed by atoms with E-state index >= 15 is 0 Å². The number of phenolic OH excluding ortho intramolecular Hbond substituents is 1. The lowest BCUT2D eigenvalue weighted by atomic mass is 10.0. The molecule has 0 saturated carbocycles. The van der Waals surface area contributed by atoms with E-state index in [-0.39, 0.29) is 0 Å². The van der Waals surface area contributed by atoms with Crippen molar-refractivity contribution in [1.82, 2.24) is 9.80 Å². The molecule has 0 aromatic heterocycles. The number of benzene rings is 3. The van der Waals surface area contributed by atoms with Gasteiger partial charge in [-0.25, -0.2) is 0 Å². The van der Waals surface area contributed by atoms with Crippen LogP contribution in [-0.2, 0) is 13.1 Å². The standard InChI is InChI=1S/C24H26N2O/c27-24-12-11-22(21-9-5-2-6-10-21)17-23(24)19-26-15-13-25(14-16-26)18-20-7-3-1-4-8-20/h1-12,17,27H,13-16,18-19H2. The smallest absolute Gasteiger partial charge is 0.120 e. The second-order valence-electron chi connectivity index (χ2n) is 7.25. The zero-order valence-corrected chi connectivity index (χ0v) is 15.6. The number of nitrogens with zero attached hydrogens (tertiary/aromatic N) is 2. The maximum atomic E-state index is 10.3. The lowest BCUT2D eigenvalue weighted by Crippen LogP contribution is -2.45. The summed E-state index contributed by atoms with van der Waals surface area (Å²) in [7, 11) is 0. The van der Waals surface area contributed by atoms with Gasteiger partial charge in [0.1, 0.15) is 5.75 Å². The zero-order chi connectivity index (χ0) is 18.5. The first-order valence-corrected chi connectivity index (χ1v) is 9.64. The first-order valence-electron chi connectivity index (χ1n) is 9.64. The minimum atomic E-state index is 0.390. The highest BCUT2D eigenvalue weighted by molar-refractivity contribution is 5.65. The molecule has 1 saturated heterocycles. The number of hydrogen-bond acceptors (Lipinski definition) is 3. The fraction of sp³-hybridized carbons (Fsp3) is 0.250. The quantitative estimate of drug-likeness (QED) is 0.733. The SMILES string of the molecule is Oc1ccc(-c2ccccc2)cc1CN1CCN(Cc2ccccc2)CC1. The molecule has 27 heavy (non-hydrogen) atoms. The lowest BCUT2D eigenvalue weighted by Gasteiger charge is -2.34. The van der Waals surface area contributed by atoms with E-state index in [1.165, 1.54) is 11.1 Å². The van der Waals surface area contributed by atoms with Gasteiger partial charge in [-0.05, 0) is 28.8 Å². The average Bonchev–Trinajstić information content (AvgIpc) is 2.72. The van der Waals surface area contributed by atoms with Crippen molar-refractivity contribution in [3.05, 3.63) is 90.0 Å². The summed E-state index contributed by atoms with van der Waals surface area (Å²) in [6.45, 7) is 6.00. The van der Waals surface area contributed by atoms with Crippen molar-refractivity contribution >= 4 is 0 Å². The number of aromatic hydroxyl groups is 1. The molecule has 0 radical (unpaired) electrons. The Morgan fingerprint density at radius 2 is 1.22 bits per heavy atom. The largest absolute Gasteiger partial charge is 0.508 e. The molecule has 0 bridgehead atoms. The maximum Gasteiger partial charge on any atom is 0.120 e. The molecule has 1 N–H and O–H groups in total. The molecule has 1 heterocycles. The summed E-state index contributed by atoms with van der Waals surface area (Å²) >= 11 is 0. The second-order valence-corrected chi connectivity index (χ2v) is 7.25. The van der Waals surface area contributed by atoms with Crippen molar-refractivity contribution in [2.75, 3.05) is 26.2 Å². The Morgan fingerprint density at radius 1 is 0.630 bits per heavy atom. The third-order valence-corrected chi connectivity index (χ3v) is 5.29. The maximum absolute atomic E-state index is 10.3. The van der Waals surface area contributed by atoms with Crippen LogP contribution in [0.25, 0.3) is 11.1 Å². The van der Waals surface area contributed by atoms with Crippen LogP contribution >= 0.6 is 0 Å². The fourth-order valence-electron chi connectivity index (χ4n) is 3.71. The van der Waals surface area contributed by atoms with E-state index < -0.39 is 0 Å². The van der Waals surface area contributed by atoms with E-state index in [1.807, 2.05) is 30.3 Å². The van der Waals surface area contributed by atoms with E-state index in [9.17, 15) is 5.11 Å². The van der Waals surface area contributed by atoms with E-state index in [4.69, 9.17) is 0 Å². The van der Waals surface area contributed by atoms with Crippen molar-refractivity contribution < 1.29 is 5.11 Å². The molecule has 1 fully saturated rings. The molecule has 3 aromatic carbocycles. The van der Waals surface area contributed by atoms with E-state index in [1.54, 1.807) is 0 Å². The Bertz CT molecular complexity index is 856. The molecule has 4 rings (SSSR count). The zero-order valence-electron chi connectivity index (χ0n) is 15.6. The van der Waals surface area contributed by atoms with Crippen molar-refractivity contribution in [2.45, 2.75) is 13.1 Å². The number of piperazine rings is 1. The van der Waals surface area contributed by atoms with E-state index in [0.29, 0.717) is 5.75 Å². The van der Waals surface area contributed by atoms with Gasteiger partial charge in [-0.2, -0.15) is 0 Å². The van der Waals surface area contributed by atoms with Gasteiger partial charge in [0.15, 0.2) is 0 Å². The van der Waals surface area contributed by atoms with Crippen LogP contribution in [0.5, 0.6) is 5.75 Å². The van der Waals surface area contributed by atoms with E-state index in [2.05, 4.69) is 58.3 Å². The Morgan fingerprint density at radius 3 is 1.89 bits per heavy atom. The molecular weight excluding hydrogens is 332 g/mol. The monoisotopic (exact) mass is 358 g/mol. The van der Waals surface area contributed by atoms with Crippen LogP contribution < -0.4 is 0 Å². The predicted octanol–water partition coefficient (Wildman–Crippen LogP) is 4.38. The van der Waals surface area contributed by atoms with Crippen LogP contribution in [0.15, 0.2) is 78.9 Å². The highest BCUT2D eigenvalue weighted by atomic mass is 16.3. The van der Waals surface area contributed by atoms with Gasteiger partial charge in [0, 0.05) is 44.8 Å². The van der Waals surface area contributed by atoms with Crippen LogP contribution in [0.4, 0.5) is 0 Å². The number of hydrogen-bond donors (Lipinski definition) is 1. The minimum absolute atomic E-state index is 0.390. The third kappa shape index (κ3) is 4.57. The first kappa shape index (κ1) is 17.8. The van der Waals surface area contributed by atoms with Crippen LogP contribution in [0.2, 0.25) is 0 Å². The number of rotatable bonds is 5. The summed E-state index contributed by atoms with van der Waals surface area (Å²) in [5, 5.41) is 10.3. The second kappa shape index (κ2) is 8.38. The lowest BCUT2D eigenvalue weighted by molar-refractivity contribution is 0.121. The Balaban J connectivity index is 1.37. The van der Waals surface area contributed by atoms with Crippen molar-refractivity contribution in [3.63, 3.8) is 0 Å². The molecule has 0 atom stereocenters. The summed E-state index contributed by atoms with van der Waals surface area (Å²) in [5.41, 5.74) is 4.73. The van der Waals surface area contributed by atoms with Crippen LogP contribution in [0.1, 0.15) is 11.1 Å². The van der Waals surface area contributed by atoms with Crippen molar-refractivity contribution in [2.24, 2.45) is 0 Å². The van der Waals surface area contributed by atoms with Crippen LogP contribution in [0, 0.1) is 0 Å². The molecule has 3 aromatic rings. The van der Waals surface area contributed by atoms with Gasteiger partial charge in [-0.15, -0.1) is 0 Å². The van der Waals surface area contributed by atoms with Gasteiger partial charge in [-0.1, -0.05) is 66.7 Å².